The molecule has 8 rings (SSSR count). The zero-order chi connectivity index (χ0) is 47.6. The van der Waals surface area contributed by atoms with Gasteiger partial charge in [-0.2, -0.15) is 26.3 Å². The molecule has 2 aliphatic rings. The third-order valence-electron chi connectivity index (χ3n) is 11.5. The van der Waals surface area contributed by atoms with Crippen molar-refractivity contribution in [1.29, 1.82) is 0 Å². The van der Waals surface area contributed by atoms with Crippen molar-refractivity contribution in [3.05, 3.63) is 123 Å². The molecule has 0 bridgehead atoms. The van der Waals surface area contributed by atoms with E-state index in [2.05, 4.69) is 19.4 Å². The third kappa shape index (κ3) is 7.83. The molecule has 0 radical (unpaired) electrons. The molecule has 0 fully saturated rings. The number of esters is 2. The summed E-state index contributed by atoms with van der Waals surface area (Å²) in [6.45, 7) is -0.134. The topological polar surface area (TPSA) is 166 Å². The van der Waals surface area contributed by atoms with E-state index in [1.165, 1.54) is 29.2 Å². The minimum Gasteiger partial charge on any atom is -0.506 e. The van der Waals surface area contributed by atoms with E-state index in [0.717, 1.165) is 43.0 Å². The Kier molecular flexibility index (Phi) is 11.8. The number of aromatic amines is 2. The molecule has 12 nitrogen and oxygen atoms in total. The fourth-order valence-corrected chi connectivity index (χ4v) is 8.95. The lowest BCUT2D eigenvalue weighted by atomic mass is 9.95. The Labute approximate surface area is 378 Å². The van der Waals surface area contributed by atoms with Crippen molar-refractivity contribution in [3.8, 4) is 22.6 Å². The number of H-pyrrole nitrogens is 2. The first kappa shape index (κ1) is 45.5. The molecular formula is C46H33Cl2F6N4O8+. The molecule has 0 saturated heterocycles. The maximum Gasteiger partial charge on any atom is 0.432 e. The van der Waals surface area contributed by atoms with Crippen LogP contribution in [0, 0.1) is 0 Å². The standard InChI is InChI=1S/C46H32Cl2F6N4O8/c1-65-43(63)37-35-33-25(17-47)19-57(27(33)15-29(59)39(35)55-41(37)45(49,50)51)31(61)13-7-21-3-9-23(10-4-21)24-11-5-22(6-12-24)8-14-32(62)58-20-26(18-48)34-28(58)16-30(60)40-36(34)38(44(64)66-2)42(56-40)46(52,53)54/h3-17,26,55-56,59-60H,18-20H2,1-2H3/p+1/b13-7+,14-8+,25-17+/t26-/m1/s1. The first-order chi connectivity index (χ1) is 31.3. The zero-order valence-electron chi connectivity index (χ0n) is 34.2. The molecule has 4 heterocycles. The van der Waals surface area contributed by atoms with Crippen LogP contribution in [0.25, 0.3) is 50.7 Å². The predicted molar refractivity (Wildman–Crippen MR) is 233 cm³/mol. The first-order valence-corrected chi connectivity index (χ1v) is 20.6. The Balaban J connectivity index is 0.984. The number of rotatable bonds is 8. The Bertz CT molecular complexity index is 3100. The molecule has 0 aliphatic carbocycles. The van der Waals surface area contributed by atoms with E-state index < -0.39 is 76.0 Å². The number of ether oxygens (including phenoxy) is 2. The number of hydrogen-bond acceptors (Lipinski definition) is 8. The van der Waals surface area contributed by atoms with Crippen LogP contribution in [0.15, 0.2) is 78.4 Å². The number of anilines is 1. The lowest BCUT2D eigenvalue weighted by molar-refractivity contribution is -0.731. The highest BCUT2D eigenvalue weighted by molar-refractivity contribution is 6.29. The maximum atomic E-state index is 14.0. The number of nitrogens with zero attached hydrogens (tertiary/aromatic N) is 1. The molecule has 1 unspecified atom stereocenters. The second-order valence-electron chi connectivity index (χ2n) is 15.2. The number of aromatic hydroxyl groups is 2. The van der Waals surface area contributed by atoms with Gasteiger partial charge in [0.1, 0.15) is 29.4 Å². The van der Waals surface area contributed by atoms with Gasteiger partial charge < -0.3 is 34.6 Å². The molecule has 4 aromatic carbocycles. The molecular weight excluding hydrogens is 921 g/mol. The quantitative estimate of drug-likeness (QED) is 0.0436. The highest BCUT2D eigenvalue weighted by Gasteiger charge is 2.45. The third-order valence-corrected chi connectivity index (χ3v) is 12.1. The molecule has 2 aromatic heterocycles. The summed E-state index contributed by atoms with van der Waals surface area (Å²) in [6.07, 6.45) is -4.40. The average Bonchev–Trinajstić information content (AvgIpc) is 4.08. The Morgan fingerprint density at radius 3 is 1.79 bits per heavy atom. The Hall–Kier alpha value is -7.02. The molecule has 0 spiro atoms. The smallest absolute Gasteiger partial charge is 0.432 e. The fourth-order valence-electron chi connectivity index (χ4n) is 8.51. The summed E-state index contributed by atoms with van der Waals surface area (Å²) in [7, 11) is 1.85. The van der Waals surface area contributed by atoms with E-state index in [4.69, 9.17) is 23.2 Å². The molecule has 5 N–H and O–H groups in total. The zero-order valence-corrected chi connectivity index (χ0v) is 35.7. The van der Waals surface area contributed by atoms with E-state index >= 15 is 0 Å². The number of hydrogen-bond donors (Lipinski definition) is 5. The average molecular weight is 955 g/mol. The van der Waals surface area contributed by atoms with Gasteiger partial charge >= 0.3 is 30.2 Å². The van der Waals surface area contributed by atoms with Gasteiger partial charge in [0, 0.05) is 64.5 Å². The number of benzene rings is 4. The van der Waals surface area contributed by atoms with Crippen LogP contribution in [0.5, 0.6) is 11.5 Å². The number of phenolic OH excluding ortho intramolecular Hbond substituents is 2. The second-order valence-corrected chi connectivity index (χ2v) is 15.8. The number of halogens is 8. The van der Waals surface area contributed by atoms with Crippen molar-refractivity contribution >= 4 is 97.9 Å². The first-order valence-electron chi connectivity index (χ1n) is 19.6. The second kappa shape index (κ2) is 17.1. The highest BCUT2D eigenvalue weighted by Crippen LogP contribution is 2.50. The van der Waals surface area contributed by atoms with Gasteiger partial charge in [-0.3, -0.25) is 4.79 Å². The van der Waals surface area contributed by atoms with Gasteiger partial charge in [0.25, 0.3) is 5.91 Å². The fraction of sp³-hybridized carbons (Fsp3) is 0.174. The van der Waals surface area contributed by atoms with Crippen molar-refractivity contribution in [2.45, 2.75) is 18.3 Å². The number of alkyl halides is 7. The Morgan fingerprint density at radius 2 is 1.29 bits per heavy atom. The lowest BCUT2D eigenvalue weighted by Crippen LogP contribution is -3.08. The molecule has 2 amide bonds. The van der Waals surface area contributed by atoms with E-state index in [1.807, 2.05) is 0 Å². The number of amides is 2. The van der Waals surface area contributed by atoms with Crippen molar-refractivity contribution in [2.24, 2.45) is 0 Å². The van der Waals surface area contributed by atoms with Crippen molar-refractivity contribution in [1.82, 2.24) is 9.97 Å². The highest BCUT2D eigenvalue weighted by atomic mass is 35.5. The molecule has 0 saturated carbocycles. The minimum atomic E-state index is -5.01. The van der Waals surface area contributed by atoms with Crippen molar-refractivity contribution < 1.29 is 70.1 Å². The number of aromatic nitrogens is 2. The van der Waals surface area contributed by atoms with E-state index in [9.17, 15) is 55.7 Å². The van der Waals surface area contributed by atoms with E-state index in [-0.39, 0.29) is 73.8 Å². The summed E-state index contributed by atoms with van der Waals surface area (Å²) in [5.41, 5.74) is -0.538. The lowest BCUT2D eigenvalue weighted by Gasteiger charge is -2.16. The Morgan fingerprint density at radius 1 is 0.788 bits per heavy atom. The van der Waals surface area contributed by atoms with Gasteiger partial charge in [0.2, 0.25) is 0 Å². The van der Waals surface area contributed by atoms with Crippen molar-refractivity contribution in [2.75, 3.05) is 38.1 Å². The summed E-state index contributed by atoms with van der Waals surface area (Å²) < 4.78 is 93.4. The van der Waals surface area contributed by atoms with E-state index in [1.54, 1.807) is 48.5 Å². The van der Waals surface area contributed by atoms with Crippen LogP contribution in [0.3, 0.4) is 0 Å². The monoisotopic (exact) mass is 953 g/mol. The van der Waals surface area contributed by atoms with Crippen LogP contribution in [0.4, 0.5) is 37.7 Å². The van der Waals surface area contributed by atoms with Gasteiger partial charge in [-0.1, -0.05) is 60.1 Å². The van der Waals surface area contributed by atoms with Gasteiger partial charge in [0.15, 0.2) is 5.69 Å². The number of carbonyl (C=O) groups excluding carboxylic acids is 4. The van der Waals surface area contributed by atoms with Gasteiger partial charge in [-0.25, -0.2) is 19.3 Å². The van der Waals surface area contributed by atoms with E-state index in [0.29, 0.717) is 11.1 Å². The van der Waals surface area contributed by atoms with Gasteiger partial charge in [-0.05, 0) is 40.0 Å². The molecule has 66 heavy (non-hydrogen) atoms. The summed E-state index contributed by atoms with van der Waals surface area (Å²) in [4.78, 5) is 58.1. The molecule has 340 valence electrons. The number of carbonyl (C=O) groups is 4. The SMILES string of the molecule is COC(=O)c1c(C(F)(F)F)[nH]c2c(O)cc3c(c12)/C(=C/Cl)C[NH+]3C(=O)/C=C/c1ccc(-c2ccc(/C=C/C(=O)N3C[C@@H](CCl)c4c3cc(O)c3[nH]c(C(F)(F)F)c(C(=O)OC)c43)cc2)cc1. The van der Waals surface area contributed by atoms with Crippen LogP contribution in [-0.2, 0) is 31.4 Å². The number of phenols is 2. The number of quaternary nitrogens is 1. The molecule has 2 atom stereocenters. The minimum absolute atomic E-state index is 0.0398. The summed E-state index contributed by atoms with van der Waals surface area (Å²) in [6, 6.07) is 16.5. The number of nitrogens with one attached hydrogen (secondary N) is 3. The normalized spacial score (nSPS) is 16.8. The summed E-state index contributed by atoms with van der Waals surface area (Å²) in [5.74, 6) is -5.70. The van der Waals surface area contributed by atoms with Crippen LogP contribution < -0.4 is 9.80 Å². The number of methoxy groups -OCH3 is 2. The molecule has 2 aliphatic heterocycles. The van der Waals surface area contributed by atoms with Crippen LogP contribution in [0.1, 0.15) is 60.3 Å². The van der Waals surface area contributed by atoms with Gasteiger partial charge in [0.05, 0.1) is 47.6 Å². The van der Waals surface area contributed by atoms with Crippen LogP contribution in [-0.4, -0.2) is 77.1 Å². The number of fused-ring (bicyclic) bond motifs is 6. The predicted octanol–water partition coefficient (Wildman–Crippen LogP) is 9.07. The summed E-state index contributed by atoms with van der Waals surface area (Å²) in [5, 5.41) is 21.1. The molecule has 6 aromatic rings. The van der Waals surface area contributed by atoms with Gasteiger partial charge in [-0.15, -0.1) is 11.6 Å². The van der Waals surface area contributed by atoms with Crippen LogP contribution >= 0.6 is 23.2 Å². The van der Waals surface area contributed by atoms with Crippen LogP contribution in [0.2, 0.25) is 0 Å². The maximum absolute atomic E-state index is 14.0. The largest absolute Gasteiger partial charge is 0.506 e. The molecule has 20 heteroatoms. The van der Waals surface area contributed by atoms with Crippen molar-refractivity contribution in [3.63, 3.8) is 0 Å². The summed E-state index contributed by atoms with van der Waals surface area (Å²) >= 11 is 12.3.